The van der Waals surface area contributed by atoms with Gasteiger partial charge in [-0.1, -0.05) is 63.2 Å². The molecule has 1 fully saturated rings. The first-order valence-corrected chi connectivity index (χ1v) is 20.1. The number of halogens is 1. The van der Waals surface area contributed by atoms with E-state index in [2.05, 4.69) is 67.1 Å². The van der Waals surface area contributed by atoms with E-state index >= 15 is 0 Å². The Bertz CT molecular complexity index is 1530. The average Bonchev–Trinajstić information content (AvgIpc) is 3.02. The molecule has 3 aromatic rings. The number of nitrogens with zero attached hydrogens (tertiary/aromatic N) is 2. The van der Waals surface area contributed by atoms with E-state index in [-0.39, 0.29) is 17.0 Å². The predicted octanol–water partition coefficient (Wildman–Crippen LogP) is 9.19. The minimum atomic E-state index is -1.95. The molecule has 0 unspecified atom stereocenters. The average molecular weight is 725 g/mol. The summed E-state index contributed by atoms with van der Waals surface area (Å²) >= 11 is 3.63. The number of methoxy groups -OCH3 is 1. The Morgan fingerprint density at radius 1 is 1.06 bits per heavy atom. The molecule has 10 heteroatoms. The van der Waals surface area contributed by atoms with Crippen LogP contribution < -0.4 is 15.0 Å². The monoisotopic (exact) mass is 723 g/mol. The van der Waals surface area contributed by atoms with Crippen molar-refractivity contribution in [3.8, 4) is 16.9 Å². The van der Waals surface area contributed by atoms with E-state index in [4.69, 9.17) is 9.16 Å². The van der Waals surface area contributed by atoms with Gasteiger partial charge >= 0.3 is 6.09 Å². The van der Waals surface area contributed by atoms with Gasteiger partial charge in [0.1, 0.15) is 5.75 Å². The summed E-state index contributed by atoms with van der Waals surface area (Å²) in [4.78, 5) is 29.6. The van der Waals surface area contributed by atoms with Crippen molar-refractivity contribution in [3.05, 3.63) is 76.3 Å². The van der Waals surface area contributed by atoms with Crippen molar-refractivity contribution in [1.82, 2.24) is 4.90 Å². The van der Waals surface area contributed by atoms with Crippen LogP contribution in [0.3, 0.4) is 0 Å². The van der Waals surface area contributed by atoms with Gasteiger partial charge in [0.15, 0.2) is 8.32 Å². The highest BCUT2D eigenvalue weighted by Crippen LogP contribution is 2.39. The Labute approximate surface area is 289 Å². The molecule has 0 spiro atoms. The van der Waals surface area contributed by atoms with Crippen LogP contribution in [0.15, 0.2) is 65.1 Å². The second kappa shape index (κ2) is 15.8. The summed E-state index contributed by atoms with van der Waals surface area (Å²) in [6.07, 6.45) is 2.21. The van der Waals surface area contributed by atoms with Crippen molar-refractivity contribution in [1.29, 1.82) is 0 Å². The number of piperidine rings is 1. The van der Waals surface area contributed by atoms with Crippen LogP contribution >= 0.6 is 15.9 Å². The number of aryl methyl sites for hydroxylation is 1. The van der Waals surface area contributed by atoms with E-state index in [9.17, 15) is 14.7 Å². The van der Waals surface area contributed by atoms with E-state index in [1.54, 1.807) is 12.0 Å². The Hall–Kier alpha value is -3.18. The van der Waals surface area contributed by atoms with Crippen molar-refractivity contribution < 1.29 is 23.9 Å². The Balaban J connectivity index is 1.45. The Morgan fingerprint density at radius 2 is 1.74 bits per heavy atom. The molecule has 1 aliphatic heterocycles. The summed E-state index contributed by atoms with van der Waals surface area (Å²) in [5.74, 6) is 0.568. The summed E-state index contributed by atoms with van der Waals surface area (Å²) < 4.78 is 12.8. The Morgan fingerprint density at radius 3 is 2.36 bits per heavy atom. The first-order chi connectivity index (χ1) is 22.2. The molecule has 47 heavy (non-hydrogen) atoms. The number of rotatable bonds is 12. The third kappa shape index (κ3) is 9.46. The smallest absolute Gasteiger partial charge is 0.412 e. The van der Waals surface area contributed by atoms with Crippen molar-refractivity contribution >= 4 is 47.6 Å². The lowest BCUT2D eigenvalue weighted by molar-refractivity contribution is -0.116. The summed E-state index contributed by atoms with van der Waals surface area (Å²) in [6.45, 7) is 13.2. The fraction of sp³-hybridized carbons (Fsp3) is 0.459. The van der Waals surface area contributed by atoms with E-state index < -0.39 is 14.4 Å². The first kappa shape index (κ1) is 36.6. The molecule has 0 saturated carbocycles. The SMILES string of the molecule is COc1cc(NC(=O)CCCc2ccc(-c3ccccc3)c(N(C(=O)O)C3CCN(C)CC3)c2)c(Br)cc1CO[Si](C)(C)C(C)(C)C. The molecule has 0 atom stereocenters. The van der Waals surface area contributed by atoms with Gasteiger partial charge in [0.2, 0.25) is 5.91 Å². The molecule has 3 aromatic carbocycles. The number of carbonyl (C=O) groups is 2. The maximum absolute atomic E-state index is 13.1. The minimum absolute atomic E-state index is 0.0902. The van der Waals surface area contributed by atoms with Crippen molar-refractivity contribution in [2.75, 3.05) is 37.5 Å². The zero-order valence-corrected chi connectivity index (χ0v) is 31.4. The second-order valence-corrected chi connectivity index (χ2v) is 19.7. The quantitative estimate of drug-likeness (QED) is 0.181. The maximum Gasteiger partial charge on any atom is 0.412 e. The van der Waals surface area contributed by atoms with Gasteiger partial charge in [0.05, 0.1) is 25.1 Å². The van der Waals surface area contributed by atoms with Crippen LogP contribution in [0, 0.1) is 0 Å². The number of hydrogen-bond donors (Lipinski definition) is 2. The van der Waals surface area contributed by atoms with E-state index in [0.717, 1.165) is 52.7 Å². The molecule has 2 N–H and O–H groups in total. The summed E-state index contributed by atoms with van der Waals surface area (Å²) in [5.41, 5.74) is 5.14. The second-order valence-electron chi connectivity index (χ2n) is 14.0. The number of carboxylic acid groups (broad SMARTS) is 1. The van der Waals surface area contributed by atoms with Gasteiger partial charge in [-0.15, -0.1) is 0 Å². The standard InChI is InChI=1S/C37H50BrN3O5Si/c1-37(2,3)47(6,7)46-25-28-23-31(38)32(24-34(28)45-5)39-35(42)15-11-12-26-16-17-30(27-13-9-8-10-14-27)33(22-26)41(36(43)44)29-18-20-40(4)21-19-29/h8-10,13-14,16-17,22-24,29H,11-12,15,18-21,25H2,1-7H3,(H,39,42)(H,43,44). The van der Waals surface area contributed by atoms with Crippen LogP contribution in [-0.4, -0.2) is 63.6 Å². The number of anilines is 2. The topological polar surface area (TPSA) is 91.3 Å². The molecule has 8 nitrogen and oxygen atoms in total. The number of nitrogens with one attached hydrogen (secondary N) is 1. The van der Waals surface area contributed by atoms with Crippen LogP contribution in [0.5, 0.6) is 5.75 Å². The molecule has 1 heterocycles. The largest absolute Gasteiger partial charge is 0.496 e. The molecule has 0 aromatic heterocycles. The van der Waals surface area contributed by atoms with Gasteiger partial charge in [-0.2, -0.15) is 0 Å². The number of amides is 2. The molecule has 254 valence electrons. The summed E-state index contributed by atoms with van der Waals surface area (Å²) in [7, 11) is 1.75. The lowest BCUT2D eigenvalue weighted by atomic mass is 9.96. The molecule has 4 rings (SSSR count). The van der Waals surface area contributed by atoms with Crippen LogP contribution in [0.2, 0.25) is 18.1 Å². The molecule has 2 amide bonds. The van der Waals surface area contributed by atoms with Gasteiger partial charge in [0, 0.05) is 34.1 Å². The highest BCUT2D eigenvalue weighted by atomic mass is 79.9. The Kier molecular flexibility index (Phi) is 12.3. The van der Waals surface area contributed by atoms with Crippen LogP contribution in [0.25, 0.3) is 11.1 Å². The highest BCUT2D eigenvalue weighted by molar-refractivity contribution is 9.10. The fourth-order valence-corrected chi connectivity index (χ4v) is 7.08. The number of benzene rings is 3. The molecular weight excluding hydrogens is 674 g/mol. The zero-order valence-electron chi connectivity index (χ0n) is 28.9. The first-order valence-electron chi connectivity index (χ1n) is 16.4. The number of likely N-dealkylation sites (tertiary alicyclic amines) is 1. The van der Waals surface area contributed by atoms with Crippen molar-refractivity contribution in [3.63, 3.8) is 0 Å². The molecule has 1 aliphatic rings. The predicted molar refractivity (Wildman–Crippen MR) is 197 cm³/mol. The normalized spacial score (nSPS) is 14.6. The summed E-state index contributed by atoms with van der Waals surface area (Å²) in [6, 6.07) is 19.7. The van der Waals surface area contributed by atoms with Crippen molar-refractivity contribution in [2.24, 2.45) is 0 Å². The van der Waals surface area contributed by atoms with Crippen LogP contribution in [0.4, 0.5) is 16.2 Å². The van der Waals surface area contributed by atoms with E-state index in [1.165, 1.54) is 0 Å². The van der Waals surface area contributed by atoms with Gasteiger partial charge < -0.3 is 24.5 Å². The minimum Gasteiger partial charge on any atom is -0.496 e. The van der Waals surface area contributed by atoms with Gasteiger partial charge in [-0.05, 0) is 103 Å². The molecule has 0 bridgehead atoms. The summed E-state index contributed by atoms with van der Waals surface area (Å²) in [5, 5.41) is 13.5. The molecular formula is C37H50BrN3O5Si. The van der Waals surface area contributed by atoms with Gasteiger partial charge in [-0.25, -0.2) is 4.79 Å². The fourth-order valence-electron chi connectivity index (χ4n) is 5.64. The van der Waals surface area contributed by atoms with Crippen LogP contribution in [0.1, 0.15) is 57.6 Å². The van der Waals surface area contributed by atoms with Crippen molar-refractivity contribution in [2.45, 2.75) is 83.7 Å². The zero-order chi connectivity index (χ0) is 34.4. The molecule has 0 aliphatic carbocycles. The number of ether oxygens (including phenoxy) is 1. The van der Waals surface area contributed by atoms with Crippen LogP contribution in [-0.2, 0) is 22.2 Å². The van der Waals surface area contributed by atoms with Gasteiger partial charge in [-0.3, -0.25) is 9.69 Å². The highest BCUT2D eigenvalue weighted by Gasteiger charge is 2.37. The third-order valence-electron chi connectivity index (χ3n) is 9.57. The molecule has 1 saturated heterocycles. The number of carbonyl (C=O) groups excluding carboxylic acids is 1. The molecule has 0 radical (unpaired) electrons. The third-order valence-corrected chi connectivity index (χ3v) is 14.7. The lowest BCUT2D eigenvalue weighted by Gasteiger charge is -2.36. The maximum atomic E-state index is 13.1. The lowest BCUT2D eigenvalue weighted by Crippen LogP contribution is -2.46. The van der Waals surface area contributed by atoms with E-state index in [0.29, 0.717) is 43.0 Å². The van der Waals surface area contributed by atoms with Gasteiger partial charge in [0.25, 0.3) is 0 Å². The van der Waals surface area contributed by atoms with E-state index in [1.807, 2.05) is 60.7 Å². The number of hydrogen-bond acceptors (Lipinski definition) is 5.